The molecule has 0 spiro atoms. The van der Waals surface area contributed by atoms with E-state index in [2.05, 4.69) is 24.5 Å². The molecule has 3 N–H and O–H groups in total. The summed E-state index contributed by atoms with van der Waals surface area (Å²) in [6, 6.07) is 0.724. The van der Waals surface area contributed by atoms with Gasteiger partial charge in [-0.05, 0) is 68.9 Å². The minimum atomic E-state index is -0.404. The average Bonchev–Trinajstić information content (AvgIpc) is 3.05. The molecule has 1 aliphatic carbocycles. The minimum Gasteiger partial charge on any atom is -0.387 e. The van der Waals surface area contributed by atoms with Crippen molar-refractivity contribution in [1.82, 2.24) is 15.5 Å². The highest BCUT2D eigenvalue weighted by Gasteiger charge is 2.58. The number of amides is 1. The number of likely N-dealkylation sites (tertiary alicyclic amines) is 1. The molecule has 9 unspecified atom stereocenters. The summed E-state index contributed by atoms with van der Waals surface area (Å²) in [4.78, 5) is 14.2. The zero-order valence-corrected chi connectivity index (χ0v) is 17.8. The lowest BCUT2D eigenvalue weighted by atomic mass is 9.62. The number of hydrogen-bond acceptors (Lipinski definition) is 4. The van der Waals surface area contributed by atoms with E-state index in [1.807, 2.05) is 4.90 Å². The van der Waals surface area contributed by atoms with Gasteiger partial charge >= 0.3 is 0 Å². The third kappa shape index (κ3) is 3.52. The summed E-state index contributed by atoms with van der Waals surface area (Å²) in [5.74, 6) is 2.49. The maximum atomic E-state index is 12.3. The number of rotatable bonds is 2. The van der Waals surface area contributed by atoms with Crippen LogP contribution in [0.4, 0.5) is 0 Å². The molecule has 4 fully saturated rings. The zero-order valence-electron chi connectivity index (χ0n) is 16.3. The van der Waals surface area contributed by atoms with Crippen molar-refractivity contribution in [2.75, 3.05) is 26.2 Å². The Morgan fingerprint density at radius 2 is 1.96 bits per heavy atom. The van der Waals surface area contributed by atoms with Crippen LogP contribution in [-0.4, -0.2) is 71.0 Å². The van der Waals surface area contributed by atoms with Gasteiger partial charge in [0, 0.05) is 24.7 Å². The molecule has 0 aromatic heterocycles. The summed E-state index contributed by atoms with van der Waals surface area (Å²) in [6.45, 7) is 6.93. The second kappa shape index (κ2) is 7.98. The normalized spacial score (nSPS) is 50.2. The van der Waals surface area contributed by atoms with E-state index in [-0.39, 0.29) is 28.7 Å². The summed E-state index contributed by atoms with van der Waals surface area (Å²) < 4.78 is 0. The second-order valence-electron chi connectivity index (χ2n) is 9.35. The van der Waals surface area contributed by atoms with Gasteiger partial charge in [0.25, 0.3) is 0 Å². The lowest BCUT2D eigenvalue weighted by Gasteiger charge is -2.49. The molecule has 27 heavy (non-hydrogen) atoms. The van der Waals surface area contributed by atoms with Crippen molar-refractivity contribution in [2.24, 2.45) is 29.6 Å². The number of aliphatic hydroxyl groups excluding tert-OH is 1. The van der Waals surface area contributed by atoms with Crippen LogP contribution < -0.4 is 10.6 Å². The first-order chi connectivity index (χ1) is 12.9. The largest absolute Gasteiger partial charge is 0.387 e. The number of alkyl halides is 2. The van der Waals surface area contributed by atoms with E-state index in [0.717, 1.165) is 25.9 Å². The van der Waals surface area contributed by atoms with Crippen molar-refractivity contribution in [3.05, 3.63) is 0 Å². The number of carbonyl (C=O) groups excluding carboxylic acids is 1. The number of nitrogens with one attached hydrogen (secondary N) is 2. The fraction of sp³-hybridized carbons (Fsp3) is 0.950. The summed E-state index contributed by atoms with van der Waals surface area (Å²) in [5.41, 5.74) is 0. The Labute approximate surface area is 172 Å². The van der Waals surface area contributed by atoms with E-state index in [4.69, 9.17) is 23.2 Å². The molecule has 0 bridgehead atoms. The van der Waals surface area contributed by atoms with Crippen LogP contribution in [0.1, 0.15) is 33.1 Å². The van der Waals surface area contributed by atoms with Crippen LogP contribution in [0.3, 0.4) is 0 Å². The molecule has 1 saturated carbocycles. The topological polar surface area (TPSA) is 64.6 Å². The zero-order chi connectivity index (χ0) is 19.3. The highest BCUT2D eigenvalue weighted by molar-refractivity contribution is 6.30. The first-order valence-corrected chi connectivity index (χ1v) is 11.4. The van der Waals surface area contributed by atoms with E-state index in [1.54, 1.807) is 0 Å². The molecule has 4 aliphatic rings. The molecule has 0 aromatic carbocycles. The van der Waals surface area contributed by atoms with Crippen LogP contribution in [0.25, 0.3) is 0 Å². The van der Waals surface area contributed by atoms with Crippen molar-refractivity contribution in [3.63, 3.8) is 0 Å². The third-order valence-electron chi connectivity index (χ3n) is 7.81. The van der Waals surface area contributed by atoms with E-state index >= 15 is 0 Å². The van der Waals surface area contributed by atoms with Crippen LogP contribution >= 0.6 is 23.2 Å². The van der Waals surface area contributed by atoms with Crippen LogP contribution in [0.15, 0.2) is 0 Å². The Balaban J connectivity index is 1.63. The van der Waals surface area contributed by atoms with Gasteiger partial charge in [0.05, 0.1) is 10.8 Å². The lowest BCUT2D eigenvalue weighted by Crippen LogP contribution is -2.56. The lowest BCUT2D eigenvalue weighted by molar-refractivity contribution is -0.140. The first-order valence-electron chi connectivity index (χ1n) is 10.6. The maximum Gasteiger partial charge on any atom is 0.248 e. The van der Waals surface area contributed by atoms with E-state index < -0.39 is 6.61 Å². The smallest absolute Gasteiger partial charge is 0.248 e. The van der Waals surface area contributed by atoms with E-state index in [1.165, 1.54) is 6.42 Å². The van der Waals surface area contributed by atoms with Gasteiger partial charge in [0.1, 0.15) is 6.61 Å². The number of fused-ring (bicyclic) bond motifs is 3. The predicted octanol–water partition coefficient (Wildman–Crippen LogP) is 1.65. The van der Waals surface area contributed by atoms with Crippen molar-refractivity contribution >= 4 is 29.1 Å². The summed E-state index contributed by atoms with van der Waals surface area (Å²) >= 11 is 13.5. The average molecular weight is 418 g/mol. The third-order valence-corrected chi connectivity index (χ3v) is 8.96. The number of hydrogen-bond donors (Lipinski definition) is 3. The molecule has 0 aromatic rings. The highest BCUT2D eigenvalue weighted by atomic mass is 35.5. The maximum absolute atomic E-state index is 12.3. The quantitative estimate of drug-likeness (QED) is 0.597. The van der Waals surface area contributed by atoms with Gasteiger partial charge in [-0.3, -0.25) is 4.79 Å². The highest BCUT2D eigenvalue weighted by Crippen LogP contribution is 2.52. The van der Waals surface area contributed by atoms with E-state index in [0.29, 0.717) is 42.2 Å². The van der Waals surface area contributed by atoms with Gasteiger partial charge in [-0.2, -0.15) is 0 Å². The van der Waals surface area contributed by atoms with Gasteiger partial charge in [-0.25, -0.2) is 0 Å². The molecule has 5 nitrogen and oxygen atoms in total. The van der Waals surface area contributed by atoms with E-state index in [9.17, 15) is 9.90 Å². The standard InChI is InChI=1S/C20H33Cl2N3O2/c1-10-5-12(8-23-7-10)13-6-14(21)19(22)20-18(13)17-11(2)25(16(27)9-26)4-3-15(17)24-20/h10-15,17-20,23-24,26H,3-9H2,1-2H3/t10?,11-,12?,13?,14?,15?,17?,18?,19?,20?/m0/s1. The molecule has 0 radical (unpaired) electrons. The molecular weight excluding hydrogens is 385 g/mol. The summed E-state index contributed by atoms with van der Waals surface area (Å²) in [6.07, 6.45) is 3.13. The number of piperidine rings is 2. The van der Waals surface area contributed by atoms with Crippen molar-refractivity contribution in [3.8, 4) is 0 Å². The molecular formula is C20H33Cl2N3O2. The van der Waals surface area contributed by atoms with Gasteiger partial charge in [-0.1, -0.05) is 6.92 Å². The van der Waals surface area contributed by atoms with Crippen molar-refractivity contribution in [2.45, 2.75) is 62.0 Å². The van der Waals surface area contributed by atoms with Crippen LogP contribution in [-0.2, 0) is 4.79 Å². The summed E-state index contributed by atoms with van der Waals surface area (Å²) in [5, 5.41) is 16.8. The molecule has 3 aliphatic heterocycles. The molecule has 4 rings (SSSR count). The Hall–Kier alpha value is -0.0700. The van der Waals surface area contributed by atoms with Gasteiger partial charge < -0.3 is 20.6 Å². The molecule has 3 heterocycles. The Morgan fingerprint density at radius 1 is 1.19 bits per heavy atom. The Morgan fingerprint density at radius 3 is 2.67 bits per heavy atom. The van der Waals surface area contributed by atoms with Crippen LogP contribution in [0, 0.1) is 29.6 Å². The fourth-order valence-corrected chi connectivity index (χ4v) is 7.41. The minimum absolute atomic E-state index is 0.00622. The second-order valence-corrected chi connectivity index (χ2v) is 10.4. The van der Waals surface area contributed by atoms with Gasteiger partial charge in [-0.15, -0.1) is 23.2 Å². The van der Waals surface area contributed by atoms with Crippen LogP contribution in [0.2, 0.25) is 0 Å². The fourth-order valence-electron chi connectivity index (χ4n) is 6.70. The SMILES string of the molecule is CC1CNCC(C2CC(Cl)C(Cl)C3NC4CCN(C(=O)CO)[C@@H](C)C4C23)C1. The first kappa shape index (κ1) is 20.2. The van der Waals surface area contributed by atoms with Gasteiger partial charge in [0.2, 0.25) is 5.91 Å². The molecule has 154 valence electrons. The number of carbonyl (C=O) groups is 1. The van der Waals surface area contributed by atoms with Crippen molar-refractivity contribution < 1.29 is 9.90 Å². The number of halogens is 2. The monoisotopic (exact) mass is 417 g/mol. The number of aliphatic hydroxyl groups is 1. The van der Waals surface area contributed by atoms with Crippen molar-refractivity contribution in [1.29, 1.82) is 0 Å². The molecule has 7 heteroatoms. The Kier molecular flexibility index (Phi) is 5.98. The van der Waals surface area contributed by atoms with Gasteiger partial charge in [0.15, 0.2) is 0 Å². The predicted molar refractivity (Wildman–Crippen MR) is 108 cm³/mol. The summed E-state index contributed by atoms with van der Waals surface area (Å²) in [7, 11) is 0. The van der Waals surface area contributed by atoms with Crippen LogP contribution in [0.5, 0.6) is 0 Å². The molecule has 3 saturated heterocycles. The number of nitrogens with zero attached hydrogens (tertiary/aromatic N) is 1. The molecule has 1 amide bonds. The molecule has 10 atom stereocenters. The Bertz CT molecular complexity index is 565.